The van der Waals surface area contributed by atoms with Gasteiger partial charge in [-0.15, -0.1) is 0 Å². The highest BCUT2D eigenvalue weighted by molar-refractivity contribution is 5.67. The predicted molar refractivity (Wildman–Crippen MR) is 85.7 cm³/mol. The van der Waals surface area contributed by atoms with Crippen molar-refractivity contribution in [2.45, 2.75) is 57.9 Å². The number of carboxylic acids is 1. The lowest BCUT2D eigenvalue weighted by molar-refractivity contribution is -0.138. The molecule has 21 heavy (non-hydrogen) atoms. The van der Waals surface area contributed by atoms with Gasteiger partial charge in [0.05, 0.1) is 6.42 Å². The van der Waals surface area contributed by atoms with Crippen LogP contribution in [0.4, 0.5) is 0 Å². The number of likely N-dealkylation sites (N-methyl/N-ethyl adjacent to an activating group) is 1. The van der Waals surface area contributed by atoms with E-state index >= 15 is 0 Å². The summed E-state index contributed by atoms with van der Waals surface area (Å²) in [5.41, 5.74) is 4.23. The number of aryl methyl sites for hydroxylation is 2. The van der Waals surface area contributed by atoms with Gasteiger partial charge >= 0.3 is 5.97 Å². The molecule has 0 amide bonds. The Morgan fingerprint density at radius 3 is 2.81 bits per heavy atom. The number of fused-ring (bicyclic) bond motifs is 1. The standard InChI is InChI=1S/C18H27NO2/c1-3-4-10-19(2)17(13-18(20)21)12-14-8-9-15-6-5-7-16(15)11-14/h8-9,11,17H,3-7,10,12-13H2,1-2H3,(H,20,21). The molecule has 0 saturated heterocycles. The first-order chi connectivity index (χ1) is 10.1. The molecule has 2 rings (SSSR count). The second-order valence-electron chi connectivity index (χ2n) is 6.25. The molecule has 1 aromatic carbocycles. The number of benzene rings is 1. The third-order valence-corrected chi connectivity index (χ3v) is 4.53. The van der Waals surface area contributed by atoms with Crippen molar-refractivity contribution in [2.24, 2.45) is 0 Å². The summed E-state index contributed by atoms with van der Waals surface area (Å²) in [6.45, 7) is 3.14. The van der Waals surface area contributed by atoms with E-state index in [1.165, 1.54) is 36.0 Å². The fraction of sp³-hybridized carbons (Fsp3) is 0.611. The number of nitrogens with zero attached hydrogens (tertiary/aromatic N) is 1. The Morgan fingerprint density at radius 1 is 1.33 bits per heavy atom. The number of carboxylic acid groups (broad SMARTS) is 1. The maximum Gasteiger partial charge on any atom is 0.304 e. The Kier molecular flexibility index (Phi) is 5.80. The Labute approximate surface area is 128 Å². The third-order valence-electron chi connectivity index (χ3n) is 4.53. The van der Waals surface area contributed by atoms with Crippen LogP contribution in [0.15, 0.2) is 18.2 Å². The molecule has 1 unspecified atom stereocenters. The maximum absolute atomic E-state index is 11.1. The van der Waals surface area contributed by atoms with Crippen molar-refractivity contribution in [3.8, 4) is 0 Å². The van der Waals surface area contributed by atoms with E-state index in [0.717, 1.165) is 25.8 Å². The maximum atomic E-state index is 11.1. The molecule has 0 aliphatic heterocycles. The minimum atomic E-state index is -0.704. The van der Waals surface area contributed by atoms with Crippen molar-refractivity contribution in [1.29, 1.82) is 0 Å². The largest absolute Gasteiger partial charge is 0.481 e. The van der Waals surface area contributed by atoms with Gasteiger partial charge < -0.3 is 10.0 Å². The van der Waals surface area contributed by atoms with Crippen molar-refractivity contribution in [1.82, 2.24) is 4.90 Å². The van der Waals surface area contributed by atoms with Crippen LogP contribution < -0.4 is 0 Å². The summed E-state index contributed by atoms with van der Waals surface area (Å²) < 4.78 is 0. The predicted octanol–water partition coefficient (Wildman–Crippen LogP) is 3.29. The van der Waals surface area contributed by atoms with Crippen LogP contribution in [-0.2, 0) is 24.1 Å². The van der Waals surface area contributed by atoms with Gasteiger partial charge in [0.2, 0.25) is 0 Å². The quantitative estimate of drug-likeness (QED) is 0.798. The first kappa shape index (κ1) is 16.0. The van der Waals surface area contributed by atoms with E-state index in [9.17, 15) is 4.79 Å². The smallest absolute Gasteiger partial charge is 0.304 e. The highest BCUT2D eigenvalue weighted by Gasteiger charge is 2.19. The van der Waals surface area contributed by atoms with Crippen LogP contribution in [0.3, 0.4) is 0 Å². The molecule has 3 nitrogen and oxygen atoms in total. The van der Waals surface area contributed by atoms with Gasteiger partial charge in [-0.25, -0.2) is 0 Å². The van der Waals surface area contributed by atoms with Crippen LogP contribution >= 0.6 is 0 Å². The molecule has 0 aromatic heterocycles. The fourth-order valence-corrected chi connectivity index (χ4v) is 3.20. The van der Waals surface area contributed by atoms with Gasteiger partial charge in [0, 0.05) is 6.04 Å². The summed E-state index contributed by atoms with van der Waals surface area (Å²) >= 11 is 0. The number of hydrogen-bond acceptors (Lipinski definition) is 2. The molecule has 0 saturated carbocycles. The van der Waals surface area contributed by atoms with E-state index in [1.807, 2.05) is 0 Å². The topological polar surface area (TPSA) is 40.5 Å². The number of rotatable bonds is 8. The molecule has 1 N–H and O–H groups in total. The SMILES string of the molecule is CCCCN(C)C(CC(=O)O)Cc1ccc2c(c1)CCC2. The lowest BCUT2D eigenvalue weighted by Crippen LogP contribution is -2.36. The van der Waals surface area contributed by atoms with Crippen LogP contribution in [0, 0.1) is 0 Å². The van der Waals surface area contributed by atoms with Crippen molar-refractivity contribution in [3.05, 3.63) is 34.9 Å². The van der Waals surface area contributed by atoms with E-state index in [0.29, 0.717) is 0 Å². The number of carbonyl (C=O) groups is 1. The lowest BCUT2D eigenvalue weighted by atomic mass is 9.98. The molecule has 1 atom stereocenters. The second kappa shape index (κ2) is 7.60. The summed E-state index contributed by atoms with van der Waals surface area (Å²) in [5, 5.41) is 9.16. The molecular formula is C18H27NO2. The summed E-state index contributed by atoms with van der Waals surface area (Å²) in [5.74, 6) is -0.704. The van der Waals surface area contributed by atoms with Crippen molar-refractivity contribution in [2.75, 3.05) is 13.6 Å². The normalized spacial score (nSPS) is 15.2. The highest BCUT2D eigenvalue weighted by Crippen LogP contribution is 2.24. The molecule has 0 heterocycles. The zero-order chi connectivity index (χ0) is 15.2. The zero-order valence-corrected chi connectivity index (χ0v) is 13.3. The molecule has 0 bridgehead atoms. The highest BCUT2D eigenvalue weighted by atomic mass is 16.4. The Hall–Kier alpha value is -1.35. The van der Waals surface area contributed by atoms with E-state index in [1.54, 1.807) is 0 Å². The molecule has 116 valence electrons. The molecule has 0 fully saturated rings. The molecule has 0 radical (unpaired) electrons. The van der Waals surface area contributed by atoms with Gasteiger partial charge in [0.1, 0.15) is 0 Å². The average Bonchev–Trinajstić information content (AvgIpc) is 2.91. The molecule has 3 heteroatoms. The molecule has 1 aromatic rings. The number of aliphatic carboxylic acids is 1. The van der Waals surface area contributed by atoms with Crippen molar-refractivity contribution >= 4 is 5.97 Å². The van der Waals surface area contributed by atoms with E-state index in [4.69, 9.17) is 5.11 Å². The van der Waals surface area contributed by atoms with Crippen LogP contribution in [0.25, 0.3) is 0 Å². The summed E-state index contributed by atoms with van der Waals surface area (Å²) in [6.07, 6.45) is 6.95. The minimum Gasteiger partial charge on any atom is -0.481 e. The Bertz CT molecular complexity index is 484. The van der Waals surface area contributed by atoms with E-state index < -0.39 is 5.97 Å². The summed E-state index contributed by atoms with van der Waals surface area (Å²) in [6, 6.07) is 6.81. The third kappa shape index (κ3) is 4.57. The lowest BCUT2D eigenvalue weighted by Gasteiger charge is -2.27. The molecule has 0 spiro atoms. The van der Waals surface area contributed by atoms with Crippen molar-refractivity contribution in [3.63, 3.8) is 0 Å². The van der Waals surface area contributed by atoms with Gasteiger partial charge in [-0.3, -0.25) is 4.79 Å². The monoisotopic (exact) mass is 289 g/mol. The van der Waals surface area contributed by atoms with Gasteiger partial charge in [0.15, 0.2) is 0 Å². The second-order valence-corrected chi connectivity index (χ2v) is 6.25. The van der Waals surface area contributed by atoms with Crippen LogP contribution in [0.1, 0.15) is 49.3 Å². The zero-order valence-electron chi connectivity index (χ0n) is 13.3. The first-order valence-electron chi connectivity index (χ1n) is 8.13. The van der Waals surface area contributed by atoms with Gasteiger partial charge in [-0.1, -0.05) is 31.5 Å². The fourth-order valence-electron chi connectivity index (χ4n) is 3.20. The van der Waals surface area contributed by atoms with E-state index in [2.05, 4.69) is 37.1 Å². The van der Waals surface area contributed by atoms with Gasteiger partial charge in [-0.2, -0.15) is 0 Å². The Morgan fingerprint density at radius 2 is 2.10 bits per heavy atom. The Balaban J connectivity index is 2.04. The number of hydrogen-bond donors (Lipinski definition) is 1. The summed E-state index contributed by atoms with van der Waals surface area (Å²) in [4.78, 5) is 13.4. The van der Waals surface area contributed by atoms with Gasteiger partial charge in [-0.05, 0) is 62.4 Å². The van der Waals surface area contributed by atoms with Crippen LogP contribution in [-0.4, -0.2) is 35.6 Å². The average molecular weight is 289 g/mol. The molecular weight excluding hydrogens is 262 g/mol. The first-order valence-corrected chi connectivity index (χ1v) is 8.13. The van der Waals surface area contributed by atoms with Crippen LogP contribution in [0.5, 0.6) is 0 Å². The van der Waals surface area contributed by atoms with Crippen molar-refractivity contribution < 1.29 is 9.90 Å². The number of unbranched alkanes of at least 4 members (excludes halogenated alkanes) is 1. The molecule has 1 aliphatic carbocycles. The summed E-state index contributed by atoms with van der Waals surface area (Å²) in [7, 11) is 2.05. The van der Waals surface area contributed by atoms with E-state index in [-0.39, 0.29) is 12.5 Å². The molecule has 1 aliphatic rings. The van der Waals surface area contributed by atoms with Gasteiger partial charge in [0.25, 0.3) is 0 Å². The minimum absolute atomic E-state index is 0.0912. The van der Waals surface area contributed by atoms with Crippen LogP contribution in [0.2, 0.25) is 0 Å².